The molecule has 224 valence electrons. The van der Waals surface area contributed by atoms with Crippen molar-refractivity contribution in [2.75, 3.05) is 0 Å². The largest absolute Gasteiger partial charge is 0.456 e. The predicted octanol–water partition coefficient (Wildman–Crippen LogP) is 11.0. The lowest BCUT2D eigenvalue weighted by molar-refractivity contribution is 0.669. The van der Waals surface area contributed by atoms with Crippen LogP contribution >= 0.6 is 0 Å². The number of rotatable bonds is 3. The molecule has 3 heterocycles. The van der Waals surface area contributed by atoms with Gasteiger partial charge in [0.25, 0.3) is 0 Å². The zero-order valence-electron chi connectivity index (χ0n) is 26.0. The van der Waals surface area contributed by atoms with Crippen molar-refractivity contribution in [1.29, 1.82) is 5.26 Å². The molecule has 8 aromatic rings. The van der Waals surface area contributed by atoms with Gasteiger partial charge < -0.3 is 8.98 Å². The number of furan rings is 1. The Labute approximate surface area is 276 Å². The first-order valence-electron chi connectivity index (χ1n) is 16.4. The van der Waals surface area contributed by atoms with Gasteiger partial charge in [-0.3, -0.25) is 4.57 Å². The summed E-state index contributed by atoms with van der Waals surface area (Å²) in [5, 5.41) is 16.3. The fraction of sp³-hybridized carbons (Fsp3) is 0.0682. The maximum Gasteiger partial charge on any atom is 0.137 e. The Kier molecular flexibility index (Phi) is 5.71. The van der Waals surface area contributed by atoms with Crippen LogP contribution in [0.25, 0.3) is 77.7 Å². The van der Waals surface area contributed by atoms with E-state index < -0.39 is 0 Å². The monoisotopic (exact) mass is 613 g/mol. The average molecular weight is 614 g/mol. The summed E-state index contributed by atoms with van der Waals surface area (Å²) < 4.78 is 11.0. The topological polar surface area (TPSA) is 46.8 Å². The first kappa shape index (κ1) is 26.7. The number of para-hydroxylation sites is 4. The molecule has 3 aromatic heterocycles. The quantitative estimate of drug-likeness (QED) is 0.186. The lowest BCUT2D eigenvalue weighted by Crippen LogP contribution is -2.07. The van der Waals surface area contributed by atoms with Crippen LogP contribution < -0.4 is 0 Å². The highest BCUT2D eigenvalue weighted by Gasteiger charge is 2.25. The third-order valence-corrected chi connectivity index (χ3v) is 9.94. The highest BCUT2D eigenvalue weighted by molar-refractivity contribution is 6.12. The molecule has 2 aliphatic carbocycles. The predicted molar refractivity (Wildman–Crippen MR) is 197 cm³/mol. The van der Waals surface area contributed by atoms with E-state index in [-0.39, 0.29) is 0 Å². The Morgan fingerprint density at radius 3 is 2.21 bits per heavy atom. The number of nitrogens with zero attached hydrogens (tertiary/aromatic N) is 3. The molecule has 48 heavy (non-hydrogen) atoms. The molecule has 4 nitrogen and oxygen atoms in total. The van der Waals surface area contributed by atoms with E-state index in [1.165, 1.54) is 33.1 Å². The van der Waals surface area contributed by atoms with E-state index >= 15 is 0 Å². The molecule has 0 N–H and O–H groups in total. The zero-order valence-corrected chi connectivity index (χ0v) is 26.0. The Hall–Kier alpha value is -6.49. The molecule has 5 aromatic carbocycles. The molecule has 2 aliphatic rings. The number of aromatic nitrogens is 2. The van der Waals surface area contributed by atoms with E-state index in [4.69, 9.17) is 4.42 Å². The van der Waals surface area contributed by atoms with Crippen molar-refractivity contribution in [2.24, 2.45) is 0 Å². The number of benzene rings is 5. The fourth-order valence-corrected chi connectivity index (χ4v) is 7.83. The van der Waals surface area contributed by atoms with Gasteiger partial charge in [-0.15, -0.1) is 0 Å². The van der Waals surface area contributed by atoms with E-state index in [1.807, 2.05) is 30.3 Å². The SMILES string of the molecule is N#Cc1cccc(C2=CC=C(n3c4ccccc4c4ccccc43)CC2)c1-n1c2c(c3cc4c(cc31)oc1ccccc14)C=CCC#C2. The van der Waals surface area contributed by atoms with Crippen LogP contribution in [0, 0.1) is 23.2 Å². The van der Waals surface area contributed by atoms with Crippen LogP contribution in [0.1, 0.15) is 41.6 Å². The third-order valence-electron chi connectivity index (χ3n) is 9.94. The van der Waals surface area contributed by atoms with Crippen LogP contribution in [0.3, 0.4) is 0 Å². The average Bonchev–Trinajstić information content (AvgIpc) is 3.69. The second-order valence-corrected chi connectivity index (χ2v) is 12.5. The normalized spacial score (nSPS) is 14.1. The highest BCUT2D eigenvalue weighted by Crippen LogP contribution is 2.42. The van der Waals surface area contributed by atoms with Gasteiger partial charge in [0, 0.05) is 56.2 Å². The van der Waals surface area contributed by atoms with E-state index in [2.05, 4.69) is 124 Å². The molecule has 10 rings (SSSR count). The van der Waals surface area contributed by atoms with Crippen LogP contribution in [-0.2, 0) is 0 Å². The molecule has 0 atom stereocenters. The van der Waals surface area contributed by atoms with Crippen molar-refractivity contribution in [2.45, 2.75) is 19.3 Å². The second kappa shape index (κ2) is 10.3. The van der Waals surface area contributed by atoms with Crippen LogP contribution in [-0.4, -0.2) is 9.13 Å². The van der Waals surface area contributed by atoms with Crippen LogP contribution in [0.4, 0.5) is 0 Å². The molecule has 0 bridgehead atoms. The summed E-state index contributed by atoms with van der Waals surface area (Å²) in [5.41, 5.74) is 12.1. The lowest BCUT2D eigenvalue weighted by atomic mass is 9.92. The number of hydrogen-bond acceptors (Lipinski definition) is 2. The van der Waals surface area contributed by atoms with Gasteiger partial charge in [-0.25, -0.2) is 0 Å². The fourth-order valence-electron chi connectivity index (χ4n) is 7.83. The summed E-state index contributed by atoms with van der Waals surface area (Å²) in [6.45, 7) is 0. The first-order valence-corrected chi connectivity index (χ1v) is 16.4. The molecule has 0 saturated carbocycles. The minimum Gasteiger partial charge on any atom is -0.456 e. The van der Waals surface area contributed by atoms with Crippen molar-refractivity contribution in [3.63, 3.8) is 0 Å². The second-order valence-electron chi connectivity index (χ2n) is 12.5. The molecular weight excluding hydrogens is 587 g/mol. The molecule has 0 saturated heterocycles. The van der Waals surface area contributed by atoms with Crippen LogP contribution in [0.2, 0.25) is 0 Å². The number of allylic oxidation sites excluding steroid dienone is 5. The molecule has 0 unspecified atom stereocenters. The van der Waals surface area contributed by atoms with Crippen molar-refractivity contribution >= 4 is 72.0 Å². The maximum atomic E-state index is 10.5. The minimum absolute atomic E-state index is 0.616. The van der Waals surface area contributed by atoms with E-state index in [1.54, 1.807) is 0 Å². The number of fused-ring (bicyclic) bond motifs is 9. The Bertz CT molecular complexity index is 2830. The van der Waals surface area contributed by atoms with E-state index in [9.17, 15) is 5.26 Å². The molecule has 0 fully saturated rings. The summed E-state index contributed by atoms with van der Waals surface area (Å²) in [5.74, 6) is 6.82. The Morgan fingerprint density at radius 2 is 1.44 bits per heavy atom. The Morgan fingerprint density at radius 1 is 0.667 bits per heavy atom. The summed E-state index contributed by atoms with van der Waals surface area (Å²) in [7, 11) is 0. The summed E-state index contributed by atoms with van der Waals surface area (Å²) >= 11 is 0. The van der Waals surface area contributed by atoms with Gasteiger partial charge in [0.05, 0.1) is 27.8 Å². The van der Waals surface area contributed by atoms with Crippen molar-refractivity contribution < 1.29 is 4.42 Å². The molecule has 4 heteroatoms. The maximum absolute atomic E-state index is 10.5. The van der Waals surface area contributed by atoms with Crippen LogP contribution in [0.15, 0.2) is 126 Å². The number of hydrogen-bond donors (Lipinski definition) is 0. The summed E-state index contributed by atoms with van der Waals surface area (Å²) in [6.07, 6.45) is 11.2. The Balaban J connectivity index is 1.21. The minimum atomic E-state index is 0.616. The van der Waals surface area contributed by atoms with Gasteiger partial charge in [0.1, 0.15) is 22.9 Å². The van der Waals surface area contributed by atoms with E-state index in [0.717, 1.165) is 68.2 Å². The van der Waals surface area contributed by atoms with Gasteiger partial charge in [0.2, 0.25) is 0 Å². The summed E-state index contributed by atoms with van der Waals surface area (Å²) in [6, 6.07) is 38.4. The zero-order chi connectivity index (χ0) is 31.8. The van der Waals surface area contributed by atoms with Gasteiger partial charge in [-0.05, 0) is 60.7 Å². The molecule has 0 radical (unpaired) electrons. The molecule has 0 spiro atoms. The molecule has 0 amide bonds. The highest BCUT2D eigenvalue weighted by atomic mass is 16.3. The van der Waals surface area contributed by atoms with Crippen molar-refractivity contribution in [3.05, 3.63) is 144 Å². The van der Waals surface area contributed by atoms with Gasteiger partial charge in [-0.1, -0.05) is 90.9 Å². The van der Waals surface area contributed by atoms with Crippen molar-refractivity contribution in [1.82, 2.24) is 9.13 Å². The first-order chi connectivity index (χ1) is 23.8. The van der Waals surface area contributed by atoms with E-state index in [0.29, 0.717) is 12.0 Å². The number of nitriles is 1. The van der Waals surface area contributed by atoms with Gasteiger partial charge in [0.15, 0.2) is 0 Å². The van der Waals surface area contributed by atoms with Gasteiger partial charge in [-0.2, -0.15) is 5.26 Å². The van der Waals surface area contributed by atoms with Crippen molar-refractivity contribution in [3.8, 4) is 23.6 Å². The third kappa shape index (κ3) is 3.78. The smallest absolute Gasteiger partial charge is 0.137 e. The molecular formula is C44H27N3O. The summed E-state index contributed by atoms with van der Waals surface area (Å²) in [4.78, 5) is 0. The van der Waals surface area contributed by atoms with Gasteiger partial charge >= 0.3 is 0 Å². The standard InChI is InChI=1S/C44H27N3O/c45-27-29-11-10-16-31(28-21-23-30(24-22-28)46-38-18-7-4-13-32(38)33-14-5-8-19-39(33)46)44(29)47-40-17-3-1-2-12-34(40)36-25-37-35-15-6-9-20-42(35)48-43(37)26-41(36)47/h2,4-16,18-21,23,25-26H,1,22,24H2. The lowest BCUT2D eigenvalue weighted by Gasteiger charge is -2.21. The van der Waals surface area contributed by atoms with Crippen LogP contribution in [0.5, 0.6) is 0 Å². The molecule has 0 aliphatic heterocycles.